The van der Waals surface area contributed by atoms with Gasteiger partial charge in [-0.1, -0.05) is 36.4 Å². The van der Waals surface area contributed by atoms with E-state index in [1.54, 1.807) is 49.5 Å². The Balaban J connectivity index is 1.42. The summed E-state index contributed by atoms with van der Waals surface area (Å²) in [5.74, 6) is -1.78. The number of hydrogen-bond acceptors (Lipinski definition) is 4. The molecule has 1 aliphatic rings. The number of aryl methyl sites for hydroxylation is 3. The zero-order valence-electron chi connectivity index (χ0n) is 20.0. The van der Waals surface area contributed by atoms with Gasteiger partial charge in [0, 0.05) is 41.7 Å². The van der Waals surface area contributed by atoms with Crippen LogP contribution >= 0.6 is 0 Å². The van der Waals surface area contributed by atoms with Gasteiger partial charge < -0.3 is 10.6 Å². The van der Waals surface area contributed by atoms with Crippen molar-refractivity contribution in [3.05, 3.63) is 94.8 Å². The monoisotopic (exact) mass is 484 g/mol. The number of anilines is 1. The second kappa shape index (κ2) is 9.26. The van der Waals surface area contributed by atoms with Crippen LogP contribution in [-0.2, 0) is 11.8 Å². The highest BCUT2D eigenvalue weighted by Crippen LogP contribution is 2.35. The third-order valence-electron chi connectivity index (χ3n) is 6.47. The number of carbonyl (C=O) groups is 2. The van der Waals surface area contributed by atoms with E-state index in [-0.39, 0.29) is 5.82 Å². The first kappa shape index (κ1) is 23.2. The van der Waals surface area contributed by atoms with Crippen molar-refractivity contribution in [1.82, 2.24) is 25.3 Å². The molecule has 0 spiro atoms. The molecule has 8 nitrogen and oxygen atoms in total. The molecule has 1 aliphatic carbocycles. The number of amides is 2. The van der Waals surface area contributed by atoms with Crippen LogP contribution < -0.4 is 10.6 Å². The van der Waals surface area contributed by atoms with Crippen molar-refractivity contribution in [1.29, 1.82) is 0 Å². The minimum atomic E-state index is -0.982. The van der Waals surface area contributed by atoms with Crippen molar-refractivity contribution >= 4 is 23.6 Å². The number of halogens is 1. The van der Waals surface area contributed by atoms with E-state index in [0.717, 1.165) is 22.5 Å². The Morgan fingerprint density at radius 3 is 2.56 bits per heavy atom. The van der Waals surface area contributed by atoms with Crippen LogP contribution in [0.3, 0.4) is 0 Å². The Kier molecular flexibility index (Phi) is 5.97. The van der Waals surface area contributed by atoms with Gasteiger partial charge in [0.15, 0.2) is 0 Å². The molecule has 5 rings (SSSR count). The molecule has 9 heteroatoms. The van der Waals surface area contributed by atoms with Crippen LogP contribution in [0.2, 0.25) is 0 Å². The second-order valence-electron chi connectivity index (χ2n) is 8.79. The molecule has 2 aromatic carbocycles. The lowest BCUT2D eigenvalue weighted by atomic mass is 9.92. The average Bonchev–Trinajstić information content (AvgIpc) is 3.57. The number of H-pyrrole nitrogens is 1. The summed E-state index contributed by atoms with van der Waals surface area (Å²) in [6, 6.07) is 12.8. The zero-order valence-corrected chi connectivity index (χ0v) is 20.0. The molecule has 0 fully saturated rings. The lowest BCUT2D eigenvalue weighted by Gasteiger charge is -2.24. The smallest absolute Gasteiger partial charge is 0.270 e. The summed E-state index contributed by atoms with van der Waals surface area (Å²) < 4.78 is 15.8. The largest absolute Gasteiger partial charge is 0.338 e. The number of carbonyl (C=O) groups excluding carboxylic acids is 2. The van der Waals surface area contributed by atoms with Crippen molar-refractivity contribution in [3.8, 4) is 11.1 Å². The fraction of sp³-hybridized carbons (Fsp3) is 0.185. The summed E-state index contributed by atoms with van der Waals surface area (Å²) >= 11 is 0. The van der Waals surface area contributed by atoms with Gasteiger partial charge in [0.05, 0.1) is 5.69 Å². The van der Waals surface area contributed by atoms with E-state index in [1.165, 1.54) is 16.9 Å². The summed E-state index contributed by atoms with van der Waals surface area (Å²) in [4.78, 5) is 26.5. The van der Waals surface area contributed by atoms with Crippen LogP contribution in [0, 0.1) is 19.7 Å². The molecule has 0 aliphatic heterocycles. The molecule has 0 radical (unpaired) electrons. The van der Waals surface area contributed by atoms with Crippen LogP contribution in [0.1, 0.15) is 38.9 Å². The molecule has 2 heterocycles. The van der Waals surface area contributed by atoms with E-state index in [1.807, 2.05) is 26.0 Å². The first-order valence-corrected chi connectivity index (χ1v) is 11.5. The van der Waals surface area contributed by atoms with E-state index < -0.39 is 23.8 Å². The van der Waals surface area contributed by atoms with E-state index in [4.69, 9.17) is 0 Å². The lowest BCUT2D eigenvalue weighted by molar-refractivity contribution is -0.118. The van der Waals surface area contributed by atoms with Gasteiger partial charge in [-0.25, -0.2) is 4.39 Å². The first-order chi connectivity index (χ1) is 17.3. The predicted octanol–water partition coefficient (Wildman–Crippen LogP) is 4.11. The molecule has 182 valence electrons. The van der Waals surface area contributed by atoms with Crippen molar-refractivity contribution in [2.75, 3.05) is 5.32 Å². The van der Waals surface area contributed by atoms with Gasteiger partial charge in [0.1, 0.15) is 17.6 Å². The average molecular weight is 485 g/mol. The number of fused-ring (bicyclic) bond motifs is 1. The molecule has 0 bridgehead atoms. The van der Waals surface area contributed by atoms with E-state index in [2.05, 4.69) is 25.9 Å². The fourth-order valence-electron chi connectivity index (χ4n) is 4.66. The molecular weight excluding hydrogens is 459 g/mol. The highest BCUT2D eigenvalue weighted by molar-refractivity contribution is 6.01. The lowest BCUT2D eigenvalue weighted by Crippen LogP contribution is -2.47. The summed E-state index contributed by atoms with van der Waals surface area (Å²) in [7, 11) is 1.65. The minimum absolute atomic E-state index is 0.310. The third kappa shape index (κ3) is 4.19. The number of aromatic amines is 1. The Morgan fingerprint density at radius 2 is 1.89 bits per heavy atom. The number of aromatic nitrogens is 4. The molecule has 2 aromatic heterocycles. The molecule has 36 heavy (non-hydrogen) atoms. The van der Waals surface area contributed by atoms with Crippen molar-refractivity contribution in [2.24, 2.45) is 7.05 Å². The second-order valence-corrected chi connectivity index (χ2v) is 8.79. The Bertz CT molecular complexity index is 1460. The normalized spacial score (nSPS) is 14.9. The Morgan fingerprint density at radius 1 is 1.11 bits per heavy atom. The summed E-state index contributed by atoms with van der Waals surface area (Å²) in [6.07, 6.45) is 4.90. The van der Waals surface area contributed by atoms with Gasteiger partial charge in [-0.2, -0.15) is 10.2 Å². The maximum absolute atomic E-state index is 14.4. The molecule has 0 saturated carbocycles. The molecular formula is C27H25FN6O2. The number of benzene rings is 2. The van der Waals surface area contributed by atoms with Crippen LogP contribution in [0.25, 0.3) is 17.2 Å². The van der Waals surface area contributed by atoms with Crippen molar-refractivity contribution in [3.63, 3.8) is 0 Å². The molecule has 3 N–H and O–H groups in total. The number of nitrogens with one attached hydrogen (secondary N) is 3. The summed E-state index contributed by atoms with van der Waals surface area (Å²) in [6.45, 7) is 3.89. The van der Waals surface area contributed by atoms with E-state index in [0.29, 0.717) is 22.5 Å². The first-order valence-electron chi connectivity index (χ1n) is 11.5. The van der Waals surface area contributed by atoms with Gasteiger partial charge in [0.25, 0.3) is 5.91 Å². The van der Waals surface area contributed by atoms with E-state index in [9.17, 15) is 14.0 Å². The van der Waals surface area contributed by atoms with Crippen molar-refractivity contribution < 1.29 is 14.0 Å². The maximum atomic E-state index is 14.4. The molecule has 2 atom stereocenters. The van der Waals surface area contributed by atoms with Crippen LogP contribution in [0.4, 0.5) is 10.1 Å². The van der Waals surface area contributed by atoms with Crippen LogP contribution in [0.5, 0.6) is 0 Å². The third-order valence-corrected chi connectivity index (χ3v) is 6.47. The molecule has 2 amide bonds. The van der Waals surface area contributed by atoms with Crippen LogP contribution in [-0.4, -0.2) is 37.8 Å². The highest BCUT2D eigenvalue weighted by Gasteiger charge is 2.34. The Hall–Kier alpha value is -4.53. The standard InChI is InChI=1S/C27H25FN6O2/c1-15-24(16(2)33-32-15)17-7-9-18(10-8-17)30-27(36)25(31-26(35)23-13-14-29-34(23)3)21-12-11-20-19(21)5-4-6-22(20)28/h4-14,21,25H,1-3H3,(H,30,36)(H,31,35)(H,32,33)/t21-,25-/m0/s1. The molecule has 4 aromatic rings. The molecule has 0 saturated heterocycles. The van der Waals surface area contributed by atoms with Crippen molar-refractivity contribution in [2.45, 2.75) is 25.8 Å². The minimum Gasteiger partial charge on any atom is -0.338 e. The number of hydrogen-bond donors (Lipinski definition) is 3. The van der Waals surface area contributed by atoms with Gasteiger partial charge >= 0.3 is 0 Å². The maximum Gasteiger partial charge on any atom is 0.270 e. The van der Waals surface area contributed by atoms with Gasteiger partial charge in [-0.15, -0.1) is 0 Å². The summed E-state index contributed by atoms with van der Waals surface area (Å²) in [5, 5.41) is 17.0. The SMILES string of the molecule is Cc1n[nH]c(C)c1-c1ccc(NC(=O)[C@@H](NC(=O)c2ccnn2C)[C@H]2C=Cc3c(F)cccc32)cc1. The van der Waals surface area contributed by atoms with Gasteiger partial charge in [-0.3, -0.25) is 19.4 Å². The topological polar surface area (TPSA) is 105 Å². The molecule has 0 unspecified atom stereocenters. The number of rotatable bonds is 6. The quantitative estimate of drug-likeness (QED) is 0.383. The summed E-state index contributed by atoms with van der Waals surface area (Å²) in [5.41, 5.74) is 5.78. The van der Waals surface area contributed by atoms with Crippen LogP contribution in [0.15, 0.2) is 60.8 Å². The highest BCUT2D eigenvalue weighted by atomic mass is 19.1. The fourth-order valence-corrected chi connectivity index (χ4v) is 4.66. The number of nitrogens with zero attached hydrogens (tertiary/aromatic N) is 3. The Labute approximate surface area is 207 Å². The van der Waals surface area contributed by atoms with E-state index >= 15 is 0 Å². The zero-order chi connectivity index (χ0) is 25.4. The predicted molar refractivity (Wildman–Crippen MR) is 135 cm³/mol. The van der Waals surface area contributed by atoms with Gasteiger partial charge in [0.2, 0.25) is 5.91 Å². The van der Waals surface area contributed by atoms with Gasteiger partial charge in [-0.05, 0) is 49.2 Å².